The molecule has 1 saturated heterocycles. The molecule has 2 fully saturated rings. The Morgan fingerprint density at radius 2 is 1.40 bits per heavy atom. The van der Waals surface area contributed by atoms with Crippen LogP contribution in [0.3, 0.4) is 0 Å². The number of halogens is 2. The Balaban J connectivity index is 0.000000405. The van der Waals surface area contributed by atoms with Crippen LogP contribution in [0.4, 0.5) is 0 Å². The zero-order valence-electron chi connectivity index (χ0n) is 6.01. The monoisotopic (exact) mass is 183 g/mol. The van der Waals surface area contributed by atoms with Crippen molar-refractivity contribution in [2.45, 2.75) is 19.3 Å². The molecule has 2 rings (SSSR count). The largest absolute Gasteiger partial charge is 0.316 e. The molecular formula is C7H15Cl2N. The second-order valence-corrected chi connectivity index (χ2v) is 3.11. The fourth-order valence-electron chi connectivity index (χ4n) is 2.11. The third kappa shape index (κ3) is 1.77. The van der Waals surface area contributed by atoms with E-state index in [4.69, 9.17) is 0 Å². The van der Waals surface area contributed by atoms with Gasteiger partial charge in [0, 0.05) is 0 Å². The second kappa shape index (κ2) is 4.42. The van der Waals surface area contributed by atoms with Crippen LogP contribution < -0.4 is 5.32 Å². The van der Waals surface area contributed by atoms with Crippen LogP contribution in [0.15, 0.2) is 0 Å². The van der Waals surface area contributed by atoms with E-state index in [0.717, 1.165) is 11.8 Å². The lowest BCUT2D eigenvalue weighted by molar-refractivity contribution is 0.494. The van der Waals surface area contributed by atoms with Crippen LogP contribution in [0.5, 0.6) is 0 Å². The van der Waals surface area contributed by atoms with Crippen molar-refractivity contribution in [3.63, 3.8) is 0 Å². The maximum atomic E-state index is 3.42. The maximum Gasteiger partial charge on any atom is -0.00173 e. The quantitative estimate of drug-likeness (QED) is 0.605. The van der Waals surface area contributed by atoms with Crippen LogP contribution in [0, 0.1) is 11.8 Å². The minimum Gasteiger partial charge on any atom is -0.316 e. The number of nitrogens with one attached hydrogen (secondary N) is 1. The van der Waals surface area contributed by atoms with E-state index in [1.807, 2.05) is 0 Å². The molecule has 2 atom stereocenters. The molecule has 0 aromatic heterocycles. The number of hydrogen-bond donors (Lipinski definition) is 1. The summed E-state index contributed by atoms with van der Waals surface area (Å²) in [5.41, 5.74) is 0. The predicted octanol–water partition coefficient (Wildman–Crippen LogP) is 1.85. The smallest absolute Gasteiger partial charge is 0.00173 e. The van der Waals surface area contributed by atoms with Crippen LogP contribution in [0.25, 0.3) is 0 Å². The Morgan fingerprint density at radius 3 is 1.90 bits per heavy atom. The van der Waals surface area contributed by atoms with Gasteiger partial charge in [-0.15, -0.1) is 24.8 Å². The fourth-order valence-corrected chi connectivity index (χ4v) is 2.11. The van der Waals surface area contributed by atoms with Crippen molar-refractivity contribution < 1.29 is 0 Å². The van der Waals surface area contributed by atoms with Crippen molar-refractivity contribution >= 4 is 24.8 Å². The van der Waals surface area contributed by atoms with Gasteiger partial charge in [0.05, 0.1) is 0 Å². The van der Waals surface area contributed by atoms with E-state index in [9.17, 15) is 0 Å². The van der Waals surface area contributed by atoms with Gasteiger partial charge in [-0.25, -0.2) is 0 Å². The number of fused-ring (bicyclic) bond motifs is 1. The van der Waals surface area contributed by atoms with E-state index >= 15 is 0 Å². The van der Waals surface area contributed by atoms with Gasteiger partial charge in [-0.1, -0.05) is 6.42 Å². The predicted molar refractivity (Wildman–Crippen MR) is 48.2 cm³/mol. The fraction of sp³-hybridized carbons (Fsp3) is 1.00. The Kier molecular flexibility index (Phi) is 4.66. The highest BCUT2D eigenvalue weighted by molar-refractivity contribution is 5.85. The molecule has 2 unspecified atom stereocenters. The van der Waals surface area contributed by atoms with E-state index in [1.165, 1.54) is 32.4 Å². The molecule has 0 spiro atoms. The Morgan fingerprint density at radius 1 is 0.900 bits per heavy atom. The minimum absolute atomic E-state index is 0. The van der Waals surface area contributed by atoms with Crippen molar-refractivity contribution in [1.29, 1.82) is 0 Å². The molecule has 0 aromatic carbocycles. The normalized spacial score (nSPS) is 36.0. The zero-order chi connectivity index (χ0) is 5.40. The summed E-state index contributed by atoms with van der Waals surface area (Å²) in [6.07, 6.45) is 4.49. The Hall–Kier alpha value is 0.540. The summed E-state index contributed by atoms with van der Waals surface area (Å²) >= 11 is 0. The molecule has 2 aliphatic rings. The van der Waals surface area contributed by atoms with Crippen molar-refractivity contribution in [2.24, 2.45) is 11.8 Å². The van der Waals surface area contributed by atoms with E-state index < -0.39 is 0 Å². The number of rotatable bonds is 0. The molecule has 10 heavy (non-hydrogen) atoms. The molecule has 1 N–H and O–H groups in total. The Labute approximate surface area is 74.8 Å². The van der Waals surface area contributed by atoms with Crippen molar-refractivity contribution in [1.82, 2.24) is 5.32 Å². The van der Waals surface area contributed by atoms with Gasteiger partial charge in [-0.3, -0.25) is 0 Å². The molecule has 1 saturated carbocycles. The summed E-state index contributed by atoms with van der Waals surface area (Å²) in [4.78, 5) is 0. The summed E-state index contributed by atoms with van der Waals surface area (Å²) in [5.74, 6) is 2.13. The van der Waals surface area contributed by atoms with Gasteiger partial charge in [0.15, 0.2) is 0 Å². The first kappa shape index (κ1) is 10.5. The van der Waals surface area contributed by atoms with Gasteiger partial charge < -0.3 is 5.32 Å². The van der Waals surface area contributed by atoms with Crippen LogP contribution in [-0.4, -0.2) is 13.1 Å². The lowest BCUT2D eigenvalue weighted by Gasteiger charge is -2.02. The summed E-state index contributed by atoms with van der Waals surface area (Å²) < 4.78 is 0. The van der Waals surface area contributed by atoms with Gasteiger partial charge in [0.2, 0.25) is 0 Å². The van der Waals surface area contributed by atoms with Crippen molar-refractivity contribution in [3.05, 3.63) is 0 Å². The van der Waals surface area contributed by atoms with Gasteiger partial charge in [0.1, 0.15) is 0 Å². The first-order valence-electron chi connectivity index (χ1n) is 3.67. The molecule has 1 heterocycles. The lowest BCUT2D eigenvalue weighted by Crippen LogP contribution is -2.08. The van der Waals surface area contributed by atoms with Crippen LogP contribution >= 0.6 is 24.8 Å². The zero-order valence-corrected chi connectivity index (χ0v) is 7.64. The standard InChI is InChI=1S/C7H13N.2ClH/c1-2-6-4-8-5-7(6)3-1;;/h6-8H,1-5H2;2*1H. The topological polar surface area (TPSA) is 12.0 Å². The van der Waals surface area contributed by atoms with Crippen LogP contribution in [-0.2, 0) is 0 Å². The van der Waals surface area contributed by atoms with E-state index in [-0.39, 0.29) is 24.8 Å². The average Bonchev–Trinajstić information content (AvgIpc) is 2.15. The average molecular weight is 184 g/mol. The lowest BCUT2D eigenvalue weighted by atomic mass is 10.0. The van der Waals surface area contributed by atoms with Crippen molar-refractivity contribution in [2.75, 3.05) is 13.1 Å². The highest BCUT2D eigenvalue weighted by Crippen LogP contribution is 2.33. The van der Waals surface area contributed by atoms with Crippen molar-refractivity contribution in [3.8, 4) is 0 Å². The van der Waals surface area contributed by atoms with Gasteiger partial charge in [-0.2, -0.15) is 0 Å². The van der Waals surface area contributed by atoms with E-state index in [0.29, 0.717) is 0 Å². The molecule has 0 bridgehead atoms. The maximum absolute atomic E-state index is 3.42. The highest BCUT2D eigenvalue weighted by atomic mass is 35.5. The highest BCUT2D eigenvalue weighted by Gasteiger charge is 2.30. The third-order valence-corrected chi connectivity index (χ3v) is 2.63. The van der Waals surface area contributed by atoms with Crippen LogP contribution in [0.2, 0.25) is 0 Å². The number of hydrogen-bond acceptors (Lipinski definition) is 1. The van der Waals surface area contributed by atoms with Gasteiger partial charge in [0.25, 0.3) is 0 Å². The molecule has 62 valence electrons. The van der Waals surface area contributed by atoms with Gasteiger partial charge in [-0.05, 0) is 37.8 Å². The molecule has 0 aromatic rings. The van der Waals surface area contributed by atoms with E-state index in [1.54, 1.807) is 0 Å². The first-order valence-corrected chi connectivity index (χ1v) is 3.67. The molecule has 1 nitrogen and oxygen atoms in total. The molecule has 0 radical (unpaired) electrons. The van der Waals surface area contributed by atoms with Crippen LogP contribution in [0.1, 0.15) is 19.3 Å². The summed E-state index contributed by atoms with van der Waals surface area (Å²) in [6.45, 7) is 2.62. The summed E-state index contributed by atoms with van der Waals surface area (Å²) in [7, 11) is 0. The molecule has 1 aliphatic heterocycles. The summed E-state index contributed by atoms with van der Waals surface area (Å²) in [6, 6.07) is 0. The Bertz CT molecular complexity index is 77.6. The van der Waals surface area contributed by atoms with E-state index in [2.05, 4.69) is 5.32 Å². The second-order valence-electron chi connectivity index (χ2n) is 3.11. The molecule has 3 heteroatoms. The molecule has 0 amide bonds. The van der Waals surface area contributed by atoms with Gasteiger partial charge >= 0.3 is 0 Å². The first-order chi connectivity index (χ1) is 3.97. The molecular weight excluding hydrogens is 169 g/mol. The summed E-state index contributed by atoms with van der Waals surface area (Å²) in [5, 5.41) is 3.42. The minimum atomic E-state index is 0. The molecule has 1 aliphatic carbocycles. The SMILES string of the molecule is C1CC2CNCC2C1.Cl.Cl. The third-order valence-electron chi connectivity index (χ3n) is 2.63.